The molecule has 1 aliphatic heterocycles. The largest absolute Gasteiger partial charge is 0.454 e. The molecule has 1 atom stereocenters. The van der Waals surface area contributed by atoms with Gasteiger partial charge in [-0.2, -0.15) is 5.26 Å². The first-order chi connectivity index (χ1) is 6.81. The molecule has 1 aliphatic rings. The SMILES string of the molecule is N#CC[C@@H](O)c1ccc2c(c1)OCO2. The zero-order valence-corrected chi connectivity index (χ0v) is 7.43. The topological polar surface area (TPSA) is 62.5 Å². The van der Waals surface area contributed by atoms with Crippen LogP contribution in [0.4, 0.5) is 0 Å². The Morgan fingerprint density at radius 3 is 3.00 bits per heavy atom. The smallest absolute Gasteiger partial charge is 0.231 e. The van der Waals surface area contributed by atoms with Gasteiger partial charge in [-0.15, -0.1) is 0 Å². The molecule has 0 amide bonds. The van der Waals surface area contributed by atoms with Gasteiger partial charge in [0.25, 0.3) is 0 Å². The Bertz CT molecular complexity index is 383. The number of nitriles is 1. The van der Waals surface area contributed by atoms with Gasteiger partial charge in [-0.25, -0.2) is 0 Å². The minimum absolute atomic E-state index is 0.0830. The van der Waals surface area contributed by atoms with Gasteiger partial charge >= 0.3 is 0 Å². The highest BCUT2D eigenvalue weighted by atomic mass is 16.7. The summed E-state index contributed by atoms with van der Waals surface area (Å²) in [6, 6.07) is 7.08. The van der Waals surface area contributed by atoms with Gasteiger partial charge in [0.05, 0.1) is 18.6 Å². The van der Waals surface area contributed by atoms with Crippen LogP contribution >= 0.6 is 0 Å². The third-order valence-electron chi connectivity index (χ3n) is 2.07. The lowest BCUT2D eigenvalue weighted by Gasteiger charge is -2.06. The Morgan fingerprint density at radius 1 is 1.43 bits per heavy atom. The minimum Gasteiger partial charge on any atom is -0.454 e. The van der Waals surface area contributed by atoms with Crippen molar-refractivity contribution < 1.29 is 14.6 Å². The average Bonchev–Trinajstić information content (AvgIpc) is 2.64. The minimum atomic E-state index is -0.755. The lowest BCUT2D eigenvalue weighted by Crippen LogP contribution is -1.95. The standard InChI is InChI=1S/C10H9NO3/c11-4-3-8(12)7-1-2-9-10(5-7)14-6-13-9/h1-2,5,8,12H,3,6H2/t8-/m1/s1. The number of rotatable bonds is 2. The Labute approximate surface area is 81.3 Å². The monoisotopic (exact) mass is 191 g/mol. The summed E-state index contributed by atoms with van der Waals surface area (Å²) in [6.07, 6.45) is -0.672. The predicted octanol–water partition coefficient (Wildman–Crippen LogP) is 1.36. The Hall–Kier alpha value is -1.73. The van der Waals surface area contributed by atoms with Crippen LogP contribution in [0.5, 0.6) is 11.5 Å². The maximum atomic E-state index is 9.53. The Morgan fingerprint density at radius 2 is 2.21 bits per heavy atom. The molecule has 2 rings (SSSR count). The number of nitrogens with zero attached hydrogens (tertiary/aromatic N) is 1. The van der Waals surface area contributed by atoms with Crippen LogP contribution in [0.1, 0.15) is 18.1 Å². The molecule has 0 saturated heterocycles. The molecule has 0 fully saturated rings. The van der Waals surface area contributed by atoms with Crippen LogP contribution in [-0.4, -0.2) is 11.9 Å². The molecule has 0 aromatic heterocycles. The molecule has 0 unspecified atom stereocenters. The van der Waals surface area contributed by atoms with E-state index in [0.29, 0.717) is 17.1 Å². The highest BCUT2D eigenvalue weighted by molar-refractivity contribution is 5.45. The first-order valence-electron chi connectivity index (χ1n) is 4.26. The number of hydrogen-bond acceptors (Lipinski definition) is 4. The van der Waals surface area contributed by atoms with E-state index in [4.69, 9.17) is 14.7 Å². The van der Waals surface area contributed by atoms with E-state index in [2.05, 4.69) is 0 Å². The molecule has 4 heteroatoms. The molecule has 72 valence electrons. The summed E-state index contributed by atoms with van der Waals surface area (Å²) in [6.45, 7) is 0.215. The van der Waals surface area contributed by atoms with E-state index in [9.17, 15) is 5.11 Å². The van der Waals surface area contributed by atoms with Gasteiger partial charge in [0.2, 0.25) is 6.79 Å². The Balaban J connectivity index is 2.25. The summed E-state index contributed by atoms with van der Waals surface area (Å²) in [5.74, 6) is 1.30. The maximum Gasteiger partial charge on any atom is 0.231 e. The fourth-order valence-electron chi connectivity index (χ4n) is 1.32. The predicted molar refractivity (Wildman–Crippen MR) is 47.8 cm³/mol. The molecular formula is C10H9NO3. The van der Waals surface area contributed by atoms with Crippen molar-refractivity contribution in [3.05, 3.63) is 23.8 Å². The fourth-order valence-corrected chi connectivity index (χ4v) is 1.32. The second-order valence-corrected chi connectivity index (χ2v) is 2.99. The molecule has 0 saturated carbocycles. The van der Waals surface area contributed by atoms with Crippen LogP contribution < -0.4 is 9.47 Å². The molecule has 1 N–H and O–H groups in total. The van der Waals surface area contributed by atoms with Crippen molar-refractivity contribution in [3.63, 3.8) is 0 Å². The molecule has 1 aromatic carbocycles. The van der Waals surface area contributed by atoms with Gasteiger partial charge in [0.1, 0.15) is 0 Å². The van der Waals surface area contributed by atoms with Gasteiger partial charge in [-0.3, -0.25) is 0 Å². The van der Waals surface area contributed by atoms with Crippen molar-refractivity contribution in [2.24, 2.45) is 0 Å². The molecule has 0 bridgehead atoms. The van der Waals surface area contributed by atoms with Gasteiger partial charge in [0.15, 0.2) is 11.5 Å². The van der Waals surface area contributed by atoms with Crippen LogP contribution in [0.2, 0.25) is 0 Å². The molecule has 0 aliphatic carbocycles. The summed E-state index contributed by atoms with van der Waals surface area (Å²) in [5.41, 5.74) is 0.677. The molecule has 14 heavy (non-hydrogen) atoms. The molecule has 0 spiro atoms. The molecule has 1 aromatic rings. The van der Waals surface area contributed by atoms with Crippen molar-refractivity contribution in [1.29, 1.82) is 5.26 Å². The number of fused-ring (bicyclic) bond motifs is 1. The molecule has 4 nitrogen and oxygen atoms in total. The summed E-state index contributed by atoms with van der Waals surface area (Å²) >= 11 is 0. The number of ether oxygens (including phenoxy) is 2. The van der Waals surface area contributed by atoms with E-state index in [0.717, 1.165) is 0 Å². The lowest BCUT2D eigenvalue weighted by molar-refractivity contribution is 0.172. The third-order valence-corrected chi connectivity index (χ3v) is 2.07. The molecular weight excluding hydrogens is 182 g/mol. The van der Waals surface area contributed by atoms with Crippen molar-refractivity contribution in [2.75, 3.05) is 6.79 Å². The summed E-state index contributed by atoms with van der Waals surface area (Å²) < 4.78 is 10.3. The van der Waals surface area contributed by atoms with Crippen LogP contribution in [0, 0.1) is 11.3 Å². The first kappa shape index (κ1) is 8.85. The quantitative estimate of drug-likeness (QED) is 0.766. The number of aliphatic hydroxyl groups is 1. The number of benzene rings is 1. The summed E-state index contributed by atoms with van der Waals surface area (Å²) in [4.78, 5) is 0. The van der Waals surface area contributed by atoms with E-state index in [1.165, 1.54) is 0 Å². The highest BCUT2D eigenvalue weighted by Gasteiger charge is 2.16. The maximum absolute atomic E-state index is 9.53. The normalized spacial score (nSPS) is 14.9. The van der Waals surface area contributed by atoms with E-state index in [1.54, 1.807) is 18.2 Å². The zero-order valence-electron chi connectivity index (χ0n) is 7.43. The van der Waals surface area contributed by atoms with Gasteiger partial charge in [-0.05, 0) is 17.7 Å². The van der Waals surface area contributed by atoms with E-state index in [-0.39, 0.29) is 13.2 Å². The second kappa shape index (κ2) is 3.56. The number of aliphatic hydroxyl groups excluding tert-OH is 1. The Kier molecular flexibility index (Phi) is 2.25. The average molecular weight is 191 g/mol. The van der Waals surface area contributed by atoms with Gasteiger partial charge < -0.3 is 14.6 Å². The fraction of sp³-hybridized carbons (Fsp3) is 0.300. The van der Waals surface area contributed by atoms with Crippen molar-refractivity contribution >= 4 is 0 Å². The second-order valence-electron chi connectivity index (χ2n) is 2.99. The van der Waals surface area contributed by atoms with Gasteiger partial charge in [-0.1, -0.05) is 6.07 Å². The molecule has 1 heterocycles. The van der Waals surface area contributed by atoms with E-state index >= 15 is 0 Å². The van der Waals surface area contributed by atoms with Crippen LogP contribution in [0.15, 0.2) is 18.2 Å². The summed E-state index contributed by atoms with van der Waals surface area (Å²) in [5, 5.41) is 18.0. The van der Waals surface area contributed by atoms with Crippen LogP contribution in [-0.2, 0) is 0 Å². The van der Waals surface area contributed by atoms with Crippen molar-refractivity contribution in [2.45, 2.75) is 12.5 Å². The van der Waals surface area contributed by atoms with Crippen LogP contribution in [0.3, 0.4) is 0 Å². The third kappa shape index (κ3) is 1.50. The first-order valence-corrected chi connectivity index (χ1v) is 4.26. The van der Waals surface area contributed by atoms with E-state index < -0.39 is 6.10 Å². The highest BCUT2D eigenvalue weighted by Crippen LogP contribution is 2.34. The van der Waals surface area contributed by atoms with Crippen molar-refractivity contribution in [1.82, 2.24) is 0 Å². The van der Waals surface area contributed by atoms with Crippen molar-refractivity contribution in [3.8, 4) is 17.6 Å². The van der Waals surface area contributed by atoms with E-state index in [1.807, 2.05) is 6.07 Å². The number of hydrogen-bond donors (Lipinski definition) is 1. The molecule has 0 radical (unpaired) electrons. The van der Waals surface area contributed by atoms with Gasteiger partial charge in [0, 0.05) is 0 Å². The zero-order chi connectivity index (χ0) is 9.97. The lowest BCUT2D eigenvalue weighted by atomic mass is 10.1. The van der Waals surface area contributed by atoms with Crippen LogP contribution in [0.25, 0.3) is 0 Å². The summed E-state index contributed by atoms with van der Waals surface area (Å²) in [7, 11) is 0.